The van der Waals surface area contributed by atoms with Crippen molar-refractivity contribution in [2.24, 2.45) is 0 Å². The van der Waals surface area contributed by atoms with Crippen molar-refractivity contribution < 1.29 is 14.5 Å². The van der Waals surface area contributed by atoms with Gasteiger partial charge in [0, 0.05) is 17.2 Å². The third kappa shape index (κ3) is 3.34. The fourth-order valence-electron chi connectivity index (χ4n) is 2.50. The highest BCUT2D eigenvalue weighted by atomic mass is 16.6. The van der Waals surface area contributed by atoms with Crippen LogP contribution in [0.4, 0.5) is 16.2 Å². The van der Waals surface area contributed by atoms with E-state index >= 15 is 0 Å². The Kier molecular flexibility index (Phi) is 4.41. The van der Waals surface area contributed by atoms with Crippen molar-refractivity contribution >= 4 is 17.5 Å². The van der Waals surface area contributed by atoms with Crippen LogP contribution in [-0.2, 0) is 4.74 Å². The van der Waals surface area contributed by atoms with E-state index in [1.165, 1.54) is 0 Å². The number of carbonyl (C=O) groups excluding carboxylic acids is 1. The molecule has 7 heteroatoms. The Bertz CT molecular complexity index is 773. The number of carbonyl (C=O) groups is 1. The number of pyridine rings is 1. The molecule has 0 spiro atoms. The Hall–Kier alpha value is -2.96. The maximum Gasteiger partial charge on any atom is 0.411 e. The van der Waals surface area contributed by atoms with Gasteiger partial charge in [-0.2, -0.15) is 0 Å². The number of aromatic nitrogens is 1. The lowest BCUT2D eigenvalue weighted by Gasteiger charge is -2.11. The minimum Gasteiger partial charge on any atom is -0.450 e. The fraction of sp³-hybridized carbons (Fsp3) is 0.294. The van der Waals surface area contributed by atoms with Crippen molar-refractivity contribution in [1.82, 2.24) is 4.98 Å². The Balaban J connectivity index is 2.13. The molecule has 0 bridgehead atoms. The first-order valence-corrected chi connectivity index (χ1v) is 7.78. The van der Waals surface area contributed by atoms with Crippen molar-refractivity contribution in [2.75, 3.05) is 11.9 Å². The van der Waals surface area contributed by atoms with E-state index in [2.05, 4.69) is 10.3 Å². The van der Waals surface area contributed by atoms with Crippen molar-refractivity contribution in [2.45, 2.75) is 25.7 Å². The second-order valence-electron chi connectivity index (χ2n) is 5.53. The summed E-state index contributed by atoms with van der Waals surface area (Å²) in [5.74, 6) is 0.288. The molecule has 0 atom stereocenters. The first-order valence-electron chi connectivity index (χ1n) is 7.78. The van der Waals surface area contributed by atoms with Crippen LogP contribution >= 0.6 is 0 Å². The highest BCUT2D eigenvalue weighted by Gasteiger charge is 2.31. The topological polar surface area (TPSA) is 94.4 Å². The molecule has 0 unspecified atom stereocenters. The summed E-state index contributed by atoms with van der Waals surface area (Å²) in [6.45, 7) is 1.86. The van der Waals surface area contributed by atoms with Gasteiger partial charge in [-0.05, 0) is 25.8 Å². The summed E-state index contributed by atoms with van der Waals surface area (Å²) in [4.78, 5) is 27.4. The number of hydrogen-bond acceptors (Lipinski definition) is 5. The molecule has 1 heterocycles. The predicted octanol–water partition coefficient (Wildman–Crippen LogP) is 4.10. The molecular weight excluding hydrogens is 310 g/mol. The zero-order valence-corrected chi connectivity index (χ0v) is 13.2. The van der Waals surface area contributed by atoms with Gasteiger partial charge in [0.05, 0.1) is 11.5 Å². The van der Waals surface area contributed by atoms with Gasteiger partial charge in [-0.15, -0.1) is 0 Å². The second kappa shape index (κ2) is 6.66. The van der Waals surface area contributed by atoms with Gasteiger partial charge in [-0.3, -0.25) is 15.4 Å². The molecule has 0 saturated heterocycles. The SMILES string of the molecule is CCOC(=O)Nc1cc(C2CC2)nc(-c2ccccc2)c1[N+](=O)[O-]. The summed E-state index contributed by atoms with van der Waals surface area (Å²) >= 11 is 0. The van der Waals surface area contributed by atoms with Crippen LogP contribution in [0.3, 0.4) is 0 Å². The fourth-order valence-corrected chi connectivity index (χ4v) is 2.50. The second-order valence-corrected chi connectivity index (χ2v) is 5.53. The molecule has 3 rings (SSSR count). The van der Waals surface area contributed by atoms with Crippen molar-refractivity contribution in [3.8, 4) is 11.3 Å². The van der Waals surface area contributed by atoms with E-state index in [0.717, 1.165) is 18.5 Å². The number of rotatable bonds is 5. The van der Waals surface area contributed by atoms with Gasteiger partial charge in [0.15, 0.2) is 5.69 Å². The summed E-state index contributed by atoms with van der Waals surface area (Å²) in [6, 6.07) is 10.5. The largest absolute Gasteiger partial charge is 0.450 e. The molecular formula is C17H17N3O4. The molecule has 1 aliphatic rings. The van der Waals surface area contributed by atoms with E-state index in [0.29, 0.717) is 5.56 Å². The number of nitrogens with one attached hydrogen (secondary N) is 1. The molecule has 7 nitrogen and oxygen atoms in total. The van der Waals surface area contributed by atoms with Crippen LogP contribution in [0.2, 0.25) is 0 Å². The van der Waals surface area contributed by atoms with Crippen molar-refractivity contribution in [3.63, 3.8) is 0 Å². The third-order valence-corrected chi connectivity index (χ3v) is 3.75. The van der Waals surface area contributed by atoms with Gasteiger partial charge in [0.1, 0.15) is 5.69 Å². The Morgan fingerprint density at radius 3 is 2.67 bits per heavy atom. The van der Waals surface area contributed by atoms with Gasteiger partial charge in [0.25, 0.3) is 0 Å². The maximum absolute atomic E-state index is 11.8. The van der Waals surface area contributed by atoms with Crippen LogP contribution in [0.15, 0.2) is 36.4 Å². The number of ether oxygens (including phenoxy) is 1. The molecule has 1 aromatic heterocycles. The zero-order valence-electron chi connectivity index (χ0n) is 13.2. The minimum atomic E-state index is -0.715. The molecule has 1 saturated carbocycles. The van der Waals surface area contributed by atoms with Crippen LogP contribution in [0.25, 0.3) is 11.3 Å². The molecule has 124 valence electrons. The summed E-state index contributed by atoms with van der Waals surface area (Å²) in [5.41, 5.74) is 1.55. The highest BCUT2D eigenvalue weighted by molar-refractivity contribution is 5.91. The molecule has 1 aromatic carbocycles. The standard InChI is InChI=1S/C17H17N3O4/c1-2-24-17(21)19-14-10-13(11-8-9-11)18-15(16(14)20(22)23)12-6-4-3-5-7-12/h3-7,10-11H,2,8-9H2,1H3,(H,18,19,21). The van der Waals surface area contributed by atoms with Crippen LogP contribution in [0.5, 0.6) is 0 Å². The average Bonchev–Trinajstić information content (AvgIpc) is 3.40. The minimum absolute atomic E-state index is 0.120. The number of nitrogens with zero attached hydrogens (tertiary/aromatic N) is 2. The third-order valence-electron chi connectivity index (χ3n) is 3.75. The number of amides is 1. The van der Waals surface area contributed by atoms with E-state index in [9.17, 15) is 14.9 Å². The molecule has 1 aliphatic carbocycles. The number of benzene rings is 1. The summed E-state index contributed by atoms with van der Waals surface area (Å²) in [5, 5.41) is 14.1. The average molecular weight is 327 g/mol. The number of anilines is 1. The smallest absolute Gasteiger partial charge is 0.411 e. The van der Waals surface area contributed by atoms with Crippen molar-refractivity contribution in [3.05, 3.63) is 52.2 Å². The van der Waals surface area contributed by atoms with Crippen LogP contribution in [0, 0.1) is 10.1 Å². The first kappa shape index (κ1) is 15.9. The Labute approximate surface area is 138 Å². The van der Waals surface area contributed by atoms with Crippen LogP contribution in [0.1, 0.15) is 31.4 Å². The van der Waals surface area contributed by atoms with E-state index in [4.69, 9.17) is 4.74 Å². The lowest BCUT2D eigenvalue weighted by atomic mass is 10.1. The zero-order chi connectivity index (χ0) is 17.1. The molecule has 0 aliphatic heterocycles. The van der Waals surface area contributed by atoms with E-state index in [-0.39, 0.29) is 29.6 Å². The lowest BCUT2D eigenvalue weighted by Crippen LogP contribution is -2.15. The first-order chi connectivity index (χ1) is 11.6. The highest BCUT2D eigenvalue weighted by Crippen LogP contribution is 2.44. The van der Waals surface area contributed by atoms with Gasteiger partial charge < -0.3 is 4.74 Å². The molecule has 1 N–H and O–H groups in total. The van der Waals surface area contributed by atoms with Crippen molar-refractivity contribution in [1.29, 1.82) is 0 Å². The van der Waals surface area contributed by atoms with Crippen LogP contribution in [-0.4, -0.2) is 22.6 Å². The van der Waals surface area contributed by atoms with E-state index in [1.54, 1.807) is 37.3 Å². The van der Waals surface area contributed by atoms with E-state index in [1.807, 2.05) is 6.07 Å². The summed E-state index contributed by atoms with van der Waals surface area (Å²) in [7, 11) is 0. The maximum atomic E-state index is 11.8. The summed E-state index contributed by atoms with van der Waals surface area (Å²) in [6.07, 6.45) is 1.28. The number of nitro groups is 1. The molecule has 2 aromatic rings. The summed E-state index contributed by atoms with van der Waals surface area (Å²) < 4.78 is 4.85. The van der Waals surface area contributed by atoms with Gasteiger partial charge in [-0.25, -0.2) is 9.78 Å². The lowest BCUT2D eigenvalue weighted by molar-refractivity contribution is -0.383. The molecule has 0 radical (unpaired) electrons. The Morgan fingerprint density at radius 1 is 1.38 bits per heavy atom. The van der Waals surface area contributed by atoms with E-state index < -0.39 is 11.0 Å². The molecule has 1 amide bonds. The normalized spacial score (nSPS) is 13.4. The van der Waals surface area contributed by atoms with Gasteiger partial charge in [-0.1, -0.05) is 30.3 Å². The Morgan fingerprint density at radius 2 is 2.08 bits per heavy atom. The van der Waals surface area contributed by atoms with Gasteiger partial charge >= 0.3 is 11.8 Å². The number of hydrogen-bond donors (Lipinski definition) is 1. The monoisotopic (exact) mass is 327 g/mol. The molecule has 24 heavy (non-hydrogen) atoms. The molecule has 1 fully saturated rings. The van der Waals surface area contributed by atoms with Gasteiger partial charge in [0.2, 0.25) is 0 Å². The van der Waals surface area contributed by atoms with Crippen LogP contribution < -0.4 is 5.32 Å². The predicted molar refractivity (Wildman–Crippen MR) is 88.9 cm³/mol. The quantitative estimate of drug-likeness (QED) is 0.659.